The van der Waals surface area contributed by atoms with E-state index in [9.17, 15) is 14.4 Å². The molecule has 0 aliphatic rings. The molecule has 0 radical (unpaired) electrons. The highest BCUT2D eigenvalue weighted by Gasteiger charge is 2.15. The van der Waals surface area contributed by atoms with E-state index in [0.29, 0.717) is 33.7 Å². The maximum atomic E-state index is 13.3. The number of amides is 1. The van der Waals surface area contributed by atoms with Gasteiger partial charge in [-0.15, -0.1) is 0 Å². The zero-order valence-corrected chi connectivity index (χ0v) is 17.4. The van der Waals surface area contributed by atoms with Gasteiger partial charge in [0.1, 0.15) is 24.1 Å². The fraction of sp³-hybridized carbons (Fsp3) is 0.238. The first kappa shape index (κ1) is 21.5. The molecule has 2 rings (SSSR count). The van der Waals surface area contributed by atoms with Gasteiger partial charge in [0, 0.05) is 14.1 Å². The largest absolute Gasteiger partial charge is 0.490 e. The zero-order chi connectivity index (χ0) is 20.7. The summed E-state index contributed by atoms with van der Waals surface area (Å²) in [6, 6.07) is 11.5. The van der Waals surface area contributed by atoms with Gasteiger partial charge in [-0.1, -0.05) is 12.1 Å². The van der Waals surface area contributed by atoms with Gasteiger partial charge in [-0.05, 0) is 64.3 Å². The maximum absolute atomic E-state index is 13.3. The molecule has 0 bridgehead atoms. The third kappa shape index (κ3) is 5.57. The molecule has 0 N–H and O–H groups in total. The number of halogens is 2. The van der Waals surface area contributed by atoms with Crippen LogP contribution in [0.15, 0.2) is 46.4 Å². The van der Waals surface area contributed by atoms with Crippen molar-refractivity contribution in [2.45, 2.75) is 13.5 Å². The Bertz CT molecular complexity index is 936. The van der Waals surface area contributed by atoms with Crippen molar-refractivity contribution in [3.05, 3.63) is 63.4 Å². The Balaban J connectivity index is 2.35. The summed E-state index contributed by atoms with van der Waals surface area (Å²) in [5.41, 5.74) is 1.30. The number of rotatable bonds is 7. The van der Waals surface area contributed by atoms with Gasteiger partial charge < -0.3 is 14.4 Å². The molecule has 0 unspecified atom stereocenters. The highest BCUT2D eigenvalue weighted by atomic mass is 79.9. The summed E-state index contributed by atoms with van der Waals surface area (Å²) in [5, 5.41) is 9.27. The molecule has 5 nitrogen and oxygen atoms in total. The van der Waals surface area contributed by atoms with Gasteiger partial charge >= 0.3 is 0 Å². The zero-order valence-electron chi connectivity index (χ0n) is 15.8. The molecule has 28 heavy (non-hydrogen) atoms. The smallest absolute Gasteiger partial charge is 0.264 e. The van der Waals surface area contributed by atoms with E-state index in [0.717, 1.165) is 0 Å². The molecule has 0 atom stereocenters. The Hall–Kier alpha value is -2.85. The molecule has 0 saturated heterocycles. The van der Waals surface area contributed by atoms with E-state index in [2.05, 4.69) is 15.9 Å². The van der Waals surface area contributed by atoms with Crippen LogP contribution in [-0.4, -0.2) is 31.5 Å². The molecular weight excluding hydrogens is 427 g/mol. The van der Waals surface area contributed by atoms with E-state index in [1.807, 2.05) is 13.0 Å². The molecule has 0 spiro atoms. The Labute approximate surface area is 172 Å². The molecule has 7 heteroatoms. The third-order valence-electron chi connectivity index (χ3n) is 3.67. The topological polar surface area (TPSA) is 62.6 Å². The van der Waals surface area contributed by atoms with E-state index in [1.165, 1.54) is 23.1 Å². The van der Waals surface area contributed by atoms with Crippen LogP contribution in [0.5, 0.6) is 11.5 Å². The maximum Gasteiger partial charge on any atom is 0.264 e. The standard InChI is InChI=1S/C21H20BrFN2O3/c1-4-27-19-11-15(8-16(12-24)21(26)25(2)3)10-18(22)20(19)28-13-14-6-5-7-17(23)9-14/h5-11H,4,13H2,1-3H3/b16-8-. The quantitative estimate of drug-likeness (QED) is 0.461. The van der Waals surface area contributed by atoms with E-state index < -0.39 is 0 Å². The predicted molar refractivity (Wildman–Crippen MR) is 108 cm³/mol. The third-order valence-corrected chi connectivity index (χ3v) is 4.26. The fourth-order valence-corrected chi connectivity index (χ4v) is 2.98. The second-order valence-electron chi connectivity index (χ2n) is 6.05. The molecule has 2 aromatic carbocycles. The molecule has 2 aromatic rings. The van der Waals surface area contributed by atoms with Crippen LogP contribution in [-0.2, 0) is 11.4 Å². The highest BCUT2D eigenvalue weighted by Crippen LogP contribution is 2.38. The number of nitrogens with zero attached hydrogens (tertiary/aromatic N) is 2. The molecule has 0 saturated carbocycles. The first-order valence-corrected chi connectivity index (χ1v) is 9.32. The van der Waals surface area contributed by atoms with E-state index in [-0.39, 0.29) is 23.9 Å². The Kier molecular flexibility index (Phi) is 7.59. The van der Waals surface area contributed by atoms with Crippen molar-refractivity contribution >= 4 is 27.9 Å². The van der Waals surface area contributed by atoms with E-state index >= 15 is 0 Å². The summed E-state index contributed by atoms with van der Waals surface area (Å²) in [7, 11) is 3.16. The molecule has 1 amide bonds. The molecule has 0 aliphatic carbocycles. The van der Waals surface area contributed by atoms with Crippen LogP contribution in [0.2, 0.25) is 0 Å². The number of hydrogen-bond acceptors (Lipinski definition) is 4. The first-order valence-electron chi connectivity index (χ1n) is 8.52. The summed E-state index contributed by atoms with van der Waals surface area (Å²) in [4.78, 5) is 13.4. The molecule has 0 aliphatic heterocycles. The van der Waals surface area contributed by atoms with E-state index in [4.69, 9.17) is 9.47 Å². The van der Waals surface area contributed by atoms with E-state index in [1.54, 1.807) is 38.4 Å². The second-order valence-corrected chi connectivity index (χ2v) is 6.91. The Morgan fingerprint density at radius 1 is 1.29 bits per heavy atom. The molecule has 0 aromatic heterocycles. The molecule has 0 fully saturated rings. The SMILES string of the molecule is CCOc1cc(/C=C(/C#N)C(=O)N(C)C)cc(Br)c1OCc1cccc(F)c1. The van der Waals surface area contributed by atoms with Gasteiger partial charge in [0.15, 0.2) is 11.5 Å². The Morgan fingerprint density at radius 2 is 2.04 bits per heavy atom. The van der Waals surface area contributed by atoms with Gasteiger partial charge in [-0.25, -0.2) is 4.39 Å². The fourth-order valence-electron chi connectivity index (χ4n) is 2.41. The van der Waals surface area contributed by atoms with Crippen LogP contribution in [0.3, 0.4) is 0 Å². The van der Waals surface area contributed by atoms with Crippen molar-refractivity contribution < 1.29 is 18.7 Å². The molecule has 146 valence electrons. The lowest BCUT2D eigenvalue weighted by atomic mass is 10.1. The lowest BCUT2D eigenvalue weighted by Crippen LogP contribution is -2.22. The van der Waals surface area contributed by atoms with Gasteiger partial charge in [0.25, 0.3) is 5.91 Å². The minimum atomic E-state index is -0.386. The van der Waals surface area contributed by atoms with Crippen LogP contribution in [0.1, 0.15) is 18.1 Å². The van der Waals surface area contributed by atoms with Crippen molar-refractivity contribution in [2.75, 3.05) is 20.7 Å². The summed E-state index contributed by atoms with van der Waals surface area (Å²) < 4.78 is 25.4. The second kappa shape index (κ2) is 9.90. The lowest BCUT2D eigenvalue weighted by Gasteiger charge is -2.15. The number of benzene rings is 2. The van der Waals surface area contributed by atoms with Crippen molar-refractivity contribution in [3.8, 4) is 17.6 Å². The average Bonchev–Trinajstić information content (AvgIpc) is 2.65. The van der Waals surface area contributed by atoms with Crippen LogP contribution >= 0.6 is 15.9 Å². The van der Waals surface area contributed by atoms with Crippen LogP contribution in [0.25, 0.3) is 6.08 Å². The predicted octanol–water partition coefficient (Wildman–Crippen LogP) is 4.56. The number of ether oxygens (including phenoxy) is 2. The Morgan fingerprint density at radius 3 is 2.64 bits per heavy atom. The normalized spacial score (nSPS) is 10.9. The van der Waals surface area contributed by atoms with Crippen molar-refractivity contribution in [1.29, 1.82) is 5.26 Å². The number of carbonyl (C=O) groups excluding carboxylic acids is 1. The molecular formula is C21H20BrFN2O3. The van der Waals surface area contributed by atoms with Crippen LogP contribution in [0.4, 0.5) is 4.39 Å². The van der Waals surface area contributed by atoms with Gasteiger partial charge in [-0.2, -0.15) is 5.26 Å². The summed E-state index contributed by atoms with van der Waals surface area (Å²) in [5.74, 6) is 0.193. The molecule has 0 heterocycles. The lowest BCUT2D eigenvalue weighted by molar-refractivity contribution is -0.124. The first-order chi connectivity index (χ1) is 13.3. The number of likely N-dealkylation sites (N-methyl/N-ethyl adjacent to an activating group) is 1. The minimum absolute atomic E-state index is 0.00720. The van der Waals surface area contributed by atoms with Crippen LogP contribution in [0, 0.1) is 17.1 Å². The number of carbonyl (C=O) groups is 1. The minimum Gasteiger partial charge on any atom is -0.490 e. The monoisotopic (exact) mass is 446 g/mol. The van der Waals surface area contributed by atoms with Gasteiger partial charge in [-0.3, -0.25) is 4.79 Å². The van der Waals surface area contributed by atoms with Crippen molar-refractivity contribution in [3.63, 3.8) is 0 Å². The number of hydrogen-bond donors (Lipinski definition) is 0. The van der Waals surface area contributed by atoms with Crippen LogP contribution < -0.4 is 9.47 Å². The summed E-state index contributed by atoms with van der Waals surface area (Å²) in [6.45, 7) is 2.40. The van der Waals surface area contributed by atoms with Gasteiger partial charge in [0.05, 0.1) is 11.1 Å². The average molecular weight is 447 g/mol. The summed E-state index contributed by atoms with van der Waals surface area (Å²) >= 11 is 3.45. The van der Waals surface area contributed by atoms with Crippen molar-refractivity contribution in [1.82, 2.24) is 4.90 Å². The van der Waals surface area contributed by atoms with Crippen molar-refractivity contribution in [2.24, 2.45) is 0 Å². The highest BCUT2D eigenvalue weighted by molar-refractivity contribution is 9.10. The summed E-state index contributed by atoms with van der Waals surface area (Å²) in [6.07, 6.45) is 1.49. The number of nitriles is 1. The van der Waals surface area contributed by atoms with Gasteiger partial charge in [0.2, 0.25) is 0 Å².